The maximum atomic E-state index is 4.84. The highest BCUT2D eigenvalue weighted by Gasteiger charge is 2.36. The summed E-state index contributed by atoms with van der Waals surface area (Å²) in [6.45, 7) is 6.63. The Kier molecular flexibility index (Phi) is 3.01. The van der Waals surface area contributed by atoms with Gasteiger partial charge in [0.25, 0.3) is 0 Å². The number of anilines is 1. The van der Waals surface area contributed by atoms with Gasteiger partial charge in [0, 0.05) is 25.2 Å². The Morgan fingerprint density at radius 1 is 1.47 bits per heavy atom. The van der Waals surface area contributed by atoms with E-state index >= 15 is 0 Å². The van der Waals surface area contributed by atoms with Gasteiger partial charge < -0.3 is 10.2 Å². The van der Waals surface area contributed by atoms with Crippen molar-refractivity contribution in [2.75, 3.05) is 23.7 Å². The normalized spacial score (nSPS) is 26.8. The lowest BCUT2D eigenvalue weighted by atomic mass is 10.1. The summed E-state index contributed by atoms with van der Waals surface area (Å²) in [5, 5.41) is 4.67. The molecule has 1 aromatic rings. The van der Waals surface area contributed by atoms with E-state index in [9.17, 15) is 0 Å². The highest BCUT2D eigenvalue weighted by atomic mass is 32.2. The number of nitrogens with one attached hydrogen (secondary N) is 1. The number of aromatic nitrogens is 1. The van der Waals surface area contributed by atoms with Crippen molar-refractivity contribution in [1.29, 1.82) is 0 Å². The monoisotopic (exact) mass is 249 g/mol. The molecule has 0 unspecified atom stereocenters. The first-order chi connectivity index (χ1) is 8.29. The summed E-state index contributed by atoms with van der Waals surface area (Å²) in [5.41, 5.74) is 1.42. The molecule has 1 fully saturated rings. The van der Waals surface area contributed by atoms with Crippen molar-refractivity contribution in [2.24, 2.45) is 0 Å². The Balaban J connectivity index is 1.95. The minimum atomic E-state index is 0.560. The van der Waals surface area contributed by atoms with Gasteiger partial charge in [-0.05, 0) is 30.7 Å². The van der Waals surface area contributed by atoms with Gasteiger partial charge in [0.1, 0.15) is 5.82 Å². The Labute approximate surface area is 107 Å². The van der Waals surface area contributed by atoms with Gasteiger partial charge in [-0.15, -0.1) is 11.8 Å². The van der Waals surface area contributed by atoms with Gasteiger partial charge in [-0.2, -0.15) is 0 Å². The molecule has 0 aromatic carbocycles. The second-order valence-corrected chi connectivity index (χ2v) is 6.12. The van der Waals surface area contributed by atoms with Crippen LogP contribution in [0, 0.1) is 0 Å². The predicted octanol–water partition coefficient (Wildman–Crippen LogP) is 1.92. The van der Waals surface area contributed by atoms with Crippen LogP contribution in [0.25, 0.3) is 0 Å². The van der Waals surface area contributed by atoms with Gasteiger partial charge >= 0.3 is 0 Å². The number of pyridine rings is 1. The molecule has 17 heavy (non-hydrogen) atoms. The van der Waals surface area contributed by atoms with Gasteiger partial charge in [-0.3, -0.25) is 0 Å². The first kappa shape index (κ1) is 11.4. The number of thioether (sulfide) groups is 1. The lowest BCUT2D eigenvalue weighted by Gasteiger charge is -2.37. The van der Waals surface area contributed by atoms with Crippen LogP contribution in [-0.2, 0) is 6.42 Å². The van der Waals surface area contributed by atoms with Crippen LogP contribution in [0.3, 0.4) is 0 Å². The van der Waals surface area contributed by atoms with Crippen LogP contribution in [0.4, 0.5) is 5.82 Å². The summed E-state index contributed by atoms with van der Waals surface area (Å²) in [4.78, 5) is 7.36. The van der Waals surface area contributed by atoms with E-state index in [0.29, 0.717) is 12.1 Å². The Morgan fingerprint density at radius 2 is 2.35 bits per heavy atom. The Morgan fingerprint density at radius 3 is 3.18 bits per heavy atom. The van der Waals surface area contributed by atoms with Crippen LogP contribution in [0.15, 0.2) is 17.2 Å². The average molecular weight is 249 g/mol. The van der Waals surface area contributed by atoms with Gasteiger partial charge in [-0.1, -0.05) is 13.0 Å². The van der Waals surface area contributed by atoms with Gasteiger partial charge in [0.2, 0.25) is 0 Å². The topological polar surface area (TPSA) is 28.2 Å². The van der Waals surface area contributed by atoms with E-state index < -0.39 is 0 Å². The predicted molar refractivity (Wildman–Crippen MR) is 72.9 cm³/mol. The van der Waals surface area contributed by atoms with Crippen LogP contribution < -0.4 is 10.2 Å². The summed E-state index contributed by atoms with van der Waals surface area (Å²) in [5.74, 6) is 2.33. The molecule has 3 nitrogen and oxygen atoms in total. The van der Waals surface area contributed by atoms with Gasteiger partial charge in [-0.25, -0.2) is 4.98 Å². The number of hydrogen-bond donors (Lipinski definition) is 1. The number of nitrogens with zero attached hydrogens (tertiary/aromatic N) is 2. The molecule has 0 spiro atoms. The van der Waals surface area contributed by atoms with E-state index in [1.54, 1.807) is 0 Å². The van der Waals surface area contributed by atoms with Crippen LogP contribution in [0.1, 0.15) is 19.4 Å². The van der Waals surface area contributed by atoms with Crippen molar-refractivity contribution in [3.05, 3.63) is 17.7 Å². The van der Waals surface area contributed by atoms with Crippen LogP contribution >= 0.6 is 11.8 Å². The standard InChI is InChI=1S/C13H19N3S/c1-3-17-12-5-4-10-6-11-8-14-7-9(2)16(11)13(10)15-12/h4-5,9,11,14H,3,6-8H2,1-2H3/t9-,11-/m1/s1. The molecule has 3 rings (SSSR count). The zero-order valence-corrected chi connectivity index (χ0v) is 11.3. The average Bonchev–Trinajstić information content (AvgIpc) is 2.68. The van der Waals surface area contributed by atoms with Crippen molar-refractivity contribution in [1.82, 2.24) is 10.3 Å². The van der Waals surface area contributed by atoms with Crippen molar-refractivity contribution in [3.8, 4) is 0 Å². The van der Waals surface area contributed by atoms with Crippen LogP contribution in [0.2, 0.25) is 0 Å². The first-order valence-corrected chi connectivity index (χ1v) is 7.40. The number of piperazine rings is 1. The summed E-state index contributed by atoms with van der Waals surface area (Å²) in [6, 6.07) is 5.61. The molecule has 1 aromatic heterocycles. The molecule has 0 bridgehead atoms. The van der Waals surface area contributed by atoms with E-state index in [1.807, 2.05) is 11.8 Å². The number of hydrogen-bond acceptors (Lipinski definition) is 4. The van der Waals surface area contributed by atoms with Crippen molar-refractivity contribution < 1.29 is 0 Å². The molecule has 2 atom stereocenters. The molecule has 4 heteroatoms. The van der Waals surface area contributed by atoms with Crippen molar-refractivity contribution >= 4 is 17.6 Å². The summed E-state index contributed by atoms with van der Waals surface area (Å²) >= 11 is 1.83. The Hall–Kier alpha value is -0.740. The highest BCUT2D eigenvalue weighted by molar-refractivity contribution is 7.99. The highest BCUT2D eigenvalue weighted by Crippen LogP contribution is 2.34. The minimum absolute atomic E-state index is 0.560. The maximum absolute atomic E-state index is 4.84. The molecule has 1 saturated heterocycles. The number of rotatable bonds is 2. The minimum Gasteiger partial charge on any atom is -0.348 e. The summed E-state index contributed by atoms with van der Waals surface area (Å²) < 4.78 is 0. The molecular weight excluding hydrogens is 230 g/mol. The molecule has 2 aliphatic rings. The smallest absolute Gasteiger partial charge is 0.133 e. The summed E-state index contributed by atoms with van der Waals surface area (Å²) in [7, 11) is 0. The SMILES string of the molecule is CCSc1ccc2c(n1)N1[C@@H](CNC[C@H]1C)C2. The van der Waals surface area contributed by atoms with E-state index in [-0.39, 0.29) is 0 Å². The van der Waals surface area contributed by atoms with Gasteiger partial charge in [0.15, 0.2) is 0 Å². The largest absolute Gasteiger partial charge is 0.348 e. The van der Waals surface area contributed by atoms with E-state index in [0.717, 1.165) is 30.3 Å². The number of fused-ring (bicyclic) bond motifs is 3. The summed E-state index contributed by atoms with van der Waals surface area (Å²) in [6.07, 6.45) is 1.15. The van der Waals surface area contributed by atoms with E-state index in [4.69, 9.17) is 4.98 Å². The fourth-order valence-electron chi connectivity index (χ4n) is 2.89. The third-order valence-electron chi connectivity index (χ3n) is 3.61. The molecule has 92 valence electrons. The van der Waals surface area contributed by atoms with Crippen molar-refractivity contribution in [2.45, 2.75) is 37.4 Å². The van der Waals surface area contributed by atoms with Crippen LogP contribution in [-0.4, -0.2) is 35.9 Å². The fourth-order valence-corrected chi connectivity index (χ4v) is 3.50. The molecule has 0 aliphatic carbocycles. The molecular formula is C13H19N3S. The second-order valence-electron chi connectivity index (χ2n) is 4.84. The van der Waals surface area contributed by atoms with E-state index in [1.165, 1.54) is 11.4 Å². The zero-order chi connectivity index (χ0) is 11.8. The first-order valence-electron chi connectivity index (χ1n) is 6.41. The molecule has 3 heterocycles. The second kappa shape index (κ2) is 4.50. The van der Waals surface area contributed by atoms with Crippen molar-refractivity contribution in [3.63, 3.8) is 0 Å². The molecule has 2 aliphatic heterocycles. The lowest BCUT2D eigenvalue weighted by molar-refractivity contribution is 0.427. The van der Waals surface area contributed by atoms with Gasteiger partial charge in [0.05, 0.1) is 5.03 Å². The Bertz CT molecular complexity index is 421. The lowest BCUT2D eigenvalue weighted by Crippen LogP contribution is -2.55. The molecule has 0 amide bonds. The third kappa shape index (κ3) is 1.93. The maximum Gasteiger partial charge on any atom is 0.133 e. The quantitative estimate of drug-likeness (QED) is 0.811. The molecule has 0 radical (unpaired) electrons. The third-order valence-corrected chi connectivity index (χ3v) is 4.42. The zero-order valence-electron chi connectivity index (χ0n) is 10.4. The molecule has 1 N–H and O–H groups in total. The fraction of sp³-hybridized carbons (Fsp3) is 0.615. The van der Waals surface area contributed by atoms with E-state index in [2.05, 4.69) is 36.2 Å². The molecule has 0 saturated carbocycles. The van der Waals surface area contributed by atoms with Crippen LogP contribution in [0.5, 0.6) is 0 Å².